The molecule has 1 aliphatic carbocycles. The molecular weight excluding hydrogens is 228 g/mol. The van der Waals surface area contributed by atoms with E-state index in [4.69, 9.17) is 4.74 Å². The number of nitrogens with zero attached hydrogens (tertiary/aromatic N) is 2. The second kappa shape index (κ2) is 5.14. The van der Waals surface area contributed by atoms with Gasteiger partial charge in [0.05, 0.1) is 11.3 Å². The molecule has 0 saturated heterocycles. The number of Topliss-reactive ketones (excluding diaryl/α,β-unsaturated/α-hetero) is 1. The van der Waals surface area contributed by atoms with Gasteiger partial charge in [-0.2, -0.15) is 0 Å². The highest BCUT2D eigenvalue weighted by Gasteiger charge is 2.32. The number of fused-ring (bicyclic) bond motifs is 1. The van der Waals surface area contributed by atoms with Gasteiger partial charge in [0.15, 0.2) is 5.78 Å². The number of aryl methyl sites for hydroxylation is 1. The lowest BCUT2D eigenvalue weighted by Gasteiger charge is -2.29. The Bertz CT molecular complexity index is 455. The molecule has 0 atom stereocenters. The molecule has 0 spiro atoms. The fourth-order valence-electron chi connectivity index (χ4n) is 2.37. The molecule has 1 aromatic heterocycles. The van der Waals surface area contributed by atoms with Gasteiger partial charge in [0, 0.05) is 32.8 Å². The van der Waals surface area contributed by atoms with Crippen molar-refractivity contribution >= 4 is 5.78 Å². The minimum absolute atomic E-state index is 0.0161. The molecule has 1 aliphatic rings. The van der Waals surface area contributed by atoms with Crippen molar-refractivity contribution in [1.29, 1.82) is 0 Å². The van der Waals surface area contributed by atoms with Crippen molar-refractivity contribution in [2.75, 3.05) is 13.7 Å². The third-order valence-corrected chi connectivity index (χ3v) is 3.25. The predicted molar refractivity (Wildman–Crippen MR) is 68.7 cm³/mol. The van der Waals surface area contributed by atoms with Crippen molar-refractivity contribution in [2.45, 2.75) is 39.5 Å². The summed E-state index contributed by atoms with van der Waals surface area (Å²) >= 11 is 0. The maximum Gasteiger partial charge on any atom is 0.166 e. The average molecular weight is 248 g/mol. The summed E-state index contributed by atoms with van der Waals surface area (Å²) in [7, 11) is 1.69. The number of hydrogen-bond donors (Lipinski definition) is 0. The van der Waals surface area contributed by atoms with Crippen molar-refractivity contribution in [2.24, 2.45) is 5.41 Å². The smallest absolute Gasteiger partial charge is 0.166 e. The van der Waals surface area contributed by atoms with Gasteiger partial charge in [-0.25, -0.2) is 9.97 Å². The molecule has 98 valence electrons. The van der Waals surface area contributed by atoms with Gasteiger partial charge in [-0.1, -0.05) is 13.8 Å². The number of carbonyl (C=O) groups excluding carboxylic acids is 1. The van der Waals surface area contributed by atoms with Gasteiger partial charge in [-0.15, -0.1) is 0 Å². The Morgan fingerprint density at radius 1 is 1.39 bits per heavy atom. The van der Waals surface area contributed by atoms with E-state index >= 15 is 0 Å². The molecule has 0 bridgehead atoms. The highest BCUT2D eigenvalue weighted by molar-refractivity contribution is 5.98. The van der Waals surface area contributed by atoms with Crippen LogP contribution in [-0.4, -0.2) is 29.5 Å². The van der Waals surface area contributed by atoms with Crippen LogP contribution in [0, 0.1) is 5.41 Å². The second-order valence-corrected chi connectivity index (χ2v) is 5.68. The molecule has 2 rings (SSSR count). The fraction of sp³-hybridized carbons (Fsp3) is 0.643. The molecule has 0 aliphatic heterocycles. The molecule has 0 amide bonds. The van der Waals surface area contributed by atoms with Gasteiger partial charge >= 0.3 is 0 Å². The maximum absolute atomic E-state index is 12.0. The van der Waals surface area contributed by atoms with Gasteiger partial charge < -0.3 is 4.74 Å². The molecule has 0 saturated carbocycles. The Balaban J connectivity index is 2.18. The Labute approximate surface area is 108 Å². The molecule has 0 N–H and O–H groups in total. The first-order chi connectivity index (χ1) is 8.52. The van der Waals surface area contributed by atoms with Crippen LogP contribution in [0.15, 0.2) is 6.20 Å². The van der Waals surface area contributed by atoms with Crippen molar-refractivity contribution < 1.29 is 9.53 Å². The number of carbonyl (C=O) groups is 1. The van der Waals surface area contributed by atoms with E-state index in [-0.39, 0.29) is 11.2 Å². The summed E-state index contributed by atoms with van der Waals surface area (Å²) in [6, 6.07) is 0. The lowest BCUT2D eigenvalue weighted by atomic mass is 9.76. The molecule has 0 unspecified atom stereocenters. The Kier molecular flexibility index (Phi) is 3.76. The highest BCUT2D eigenvalue weighted by atomic mass is 16.5. The molecule has 0 fully saturated rings. The Morgan fingerprint density at radius 2 is 2.17 bits per heavy atom. The van der Waals surface area contributed by atoms with Crippen LogP contribution in [-0.2, 0) is 17.6 Å². The van der Waals surface area contributed by atoms with Crippen LogP contribution >= 0.6 is 0 Å². The average Bonchev–Trinajstić information content (AvgIpc) is 2.27. The van der Waals surface area contributed by atoms with Crippen molar-refractivity contribution in [3.05, 3.63) is 23.3 Å². The lowest BCUT2D eigenvalue weighted by molar-refractivity contribution is 0.0909. The van der Waals surface area contributed by atoms with Crippen molar-refractivity contribution in [1.82, 2.24) is 9.97 Å². The summed E-state index contributed by atoms with van der Waals surface area (Å²) in [4.78, 5) is 20.8. The van der Waals surface area contributed by atoms with Gasteiger partial charge in [0.1, 0.15) is 5.82 Å². The Morgan fingerprint density at radius 3 is 2.89 bits per heavy atom. The maximum atomic E-state index is 12.0. The van der Waals surface area contributed by atoms with E-state index in [1.54, 1.807) is 13.3 Å². The van der Waals surface area contributed by atoms with E-state index in [1.807, 2.05) is 0 Å². The summed E-state index contributed by atoms with van der Waals surface area (Å²) < 4.78 is 5.02. The number of aromatic nitrogens is 2. The first kappa shape index (κ1) is 13.1. The van der Waals surface area contributed by atoms with Crippen LogP contribution in [0.1, 0.15) is 48.6 Å². The zero-order valence-corrected chi connectivity index (χ0v) is 11.3. The molecule has 0 radical (unpaired) electrons. The monoisotopic (exact) mass is 248 g/mol. The number of methoxy groups -OCH3 is 1. The van der Waals surface area contributed by atoms with Gasteiger partial charge in [0.2, 0.25) is 0 Å². The minimum atomic E-state index is 0.0161. The van der Waals surface area contributed by atoms with Crippen LogP contribution in [0.3, 0.4) is 0 Å². The van der Waals surface area contributed by atoms with Gasteiger partial charge in [-0.05, 0) is 18.3 Å². The number of rotatable bonds is 4. The summed E-state index contributed by atoms with van der Waals surface area (Å²) in [5, 5.41) is 0. The molecule has 4 heteroatoms. The van der Waals surface area contributed by atoms with Crippen LogP contribution in [0.4, 0.5) is 0 Å². The molecule has 0 aromatic carbocycles. The van der Waals surface area contributed by atoms with Gasteiger partial charge in [0.25, 0.3) is 0 Å². The number of ether oxygens (including phenoxy) is 1. The number of ketones is 1. The fourth-order valence-corrected chi connectivity index (χ4v) is 2.37. The normalized spacial score (nSPS) is 17.6. The van der Waals surface area contributed by atoms with Gasteiger partial charge in [-0.3, -0.25) is 4.79 Å². The predicted octanol–water partition coefficient (Wildman–Crippen LogP) is 2.21. The highest BCUT2D eigenvalue weighted by Crippen LogP contribution is 2.33. The first-order valence-corrected chi connectivity index (χ1v) is 6.39. The standard InChI is InChI=1S/C14H20N2O2/c1-14(2)7-11-10(12(17)8-14)9-15-13(16-11)5-4-6-18-3/h9H,4-8H2,1-3H3. The minimum Gasteiger partial charge on any atom is -0.385 e. The van der Waals surface area contributed by atoms with Crippen LogP contribution < -0.4 is 0 Å². The Hall–Kier alpha value is -1.29. The molecule has 1 heterocycles. The molecular formula is C14H20N2O2. The third kappa shape index (κ3) is 2.93. The molecule has 18 heavy (non-hydrogen) atoms. The first-order valence-electron chi connectivity index (χ1n) is 6.39. The largest absolute Gasteiger partial charge is 0.385 e. The van der Waals surface area contributed by atoms with E-state index in [9.17, 15) is 4.79 Å². The van der Waals surface area contributed by atoms with E-state index in [2.05, 4.69) is 23.8 Å². The summed E-state index contributed by atoms with van der Waals surface area (Å²) in [5.41, 5.74) is 1.64. The third-order valence-electron chi connectivity index (χ3n) is 3.25. The SMILES string of the molecule is COCCCc1ncc2c(n1)CC(C)(C)CC2=O. The quantitative estimate of drug-likeness (QED) is 0.767. The number of hydrogen-bond acceptors (Lipinski definition) is 4. The summed E-state index contributed by atoms with van der Waals surface area (Å²) in [6.45, 7) is 4.94. The van der Waals surface area contributed by atoms with E-state index < -0.39 is 0 Å². The zero-order valence-electron chi connectivity index (χ0n) is 11.3. The summed E-state index contributed by atoms with van der Waals surface area (Å²) in [5.74, 6) is 0.987. The summed E-state index contributed by atoms with van der Waals surface area (Å²) in [6.07, 6.45) is 4.85. The van der Waals surface area contributed by atoms with E-state index in [0.717, 1.165) is 30.8 Å². The van der Waals surface area contributed by atoms with Crippen LogP contribution in [0.2, 0.25) is 0 Å². The van der Waals surface area contributed by atoms with Crippen molar-refractivity contribution in [3.8, 4) is 0 Å². The van der Waals surface area contributed by atoms with Crippen molar-refractivity contribution in [3.63, 3.8) is 0 Å². The zero-order chi connectivity index (χ0) is 13.2. The molecule has 4 nitrogen and oxygen atoms in total. The second-order valence-electron chi connectivity index (χ2n) is 5.68. The van der Waals surface area contributed by atoms with E-state index in [1.165, 1.54) is 0 Å². The topological polar surface area (TPSA) is 52.1 Å². The lowest BCUT2D eigenvalue weighted by Crippen LogP contribution is -2.28. The van der Waals surface area contributed by atoms with E-state index in [0.29, 0.717) is 18.6 Å². The van der Waals surface area contributed by atoms with Crippen LogP contribution in [0.25, 0.3) is 0 Å². The van der Waals surface area contributed by atoms with Crippen LogP contribution in [0.5, 0.6) is 0 Å². The molecule has 1 aromatic rings.